The van der Waals surface area contributed by atoms with E-state index in [1.807, 2.05) is 12.1 Å². The largest absolute Gasteiger partial charge is 0.324 e. The number of benzene rings is 2. The van der Waals surface area contributed by atoms with Gasteiger partial charge in [-0.25, -0.2) is 4.39 Å². The minimum Gasteiger partial charge on any atom is -0.324 e. The molecule has 2 aromatic carbocycles. The summed E-state index contributed by atoms with van der Waals surface area (Å²) in [5, 5.41) is 0.633. The molecule has 0 heterocycles. The highest BCUT2D eigenvalue weighted by Crippen LogP contribution is 2.29. The molecular weight excluding hydrogens is 396 g/mol. The smallest absolute Gasteiger partial charge is 0.124 e. The standard InChI is InChI=1S/C14H11Br2ClFN/c15-9-2-4-13(17)11(6-9)14(19)5-8-1-3-10(18)7-12(8)16/h1-4,6-7,14H,5,19H2. The number of hydrogen-bond acceptors (Lipinski definition) is 1. The summed E-state index contributed by atoms with van der Waals surface area (Å²) >= 11 is 12.9. The second-order valence-electron chi connectivity index (χ2n) is 4.21. The number of halogens is 4. The molecule has 0 radical (unpaired) electrons. The molecule has 0 spiro atoms. The van der Waals surface area contributed by atoms with Crippen molar-refractivity contribution in [3.05, 3.63) is 67.3 Å². The van der Waals surface area contributed by atoms with E-state index < -0.39 is 0 Å². The van der Waals surface area contributed by atoms with Crippen molar-refractivity contribution >= 4 is 43.5 Å². The van der Waals surface area contributed by atoms with Crippen LogP contribution in [-0.2, 0) is 6.42 Å². The Hall–Kier alpha value is -0.420. The topological polar surface area (TPSA) is 26.0 Å². The second kappa shape index (κ2) is 6.35. The van der Waals surface area contributed by atoms with Crippen LogP contribution in [0.2, 0.25) is 5.02 Å². The molecule has 100 valence electrons. The molecule has 0 fully saturated rings. The lowest BCUT2D eigenvalue weighted by Gasteiger charge is -2.15. The molecule has 5 heteroatoms. The van der Waals surface area contributed by atoms with E-state index in [1.165, 1.54) is 12.1 Å². The molecular formula is C14H11Br2ClFN. The Balaban J connectivity index is 2.25. The van der Waals surface area contributed by atoms with Crippen LogP contribution in [-0.4, -0.2) is 0 Å². The first-order chi connectivity index (χ1) is 8.97. The Labute approximate surface area is 133 Å². The van der Waals surface area contributed by atoms with Gasteiger partial charge in [0.1, 0.15) is 5.82 Å². The molecule has 1 unspecified atom stereocenters. The zero-order valence-corrected chi connectivity index (χ0v) is 13.8. The van der Waals surface area contributed by atoms with Gasteiger partial charge in [-0.15, -0.1) is 0 Å². The number of rotatable bonds is 3. The van der Waals surface area contributed by atoms with Gasteiger partial charge in [0.15, 0.2) is 0 Å². The minimum atomic E-state index is -0.273. The number of nitrogens with two attached hydrogens (primary N) is 1. The zero-order chi connectivity index (χ0) is 14.0. The Morgan fingerprint density at radius 1 is 1.16 bits per heavy atom. The van der Waals surface area contributed by atoms with Gasteiger partial charge >= 0.3 is 0 Å². The molecule has 0 aliphatic rings. The van der Waals surface area contributed by atoms with Crippen molar-refractivity contribution in [2.45, 2.75) is 12.5 Å². The van der Waals surface area contributed by atoms with Gasteiger partial charge in [-0.1, -0.05) is 49.5 Å². The Morgan fingerprint density at radius 3 is 2.58 bits per heavy atom. The summed E-state index contributed by atoms with van der Waals surface area (Å²) in [4.78, 5) is 0. The van der Waals surface area contributed by atoms with Crippen LogP contribution in [0.3, 0.4) is 0 Å². The highest BCUT2D eigenvalue weighted by molar-refractivity contribution is 9.10. The fraction of sp³-hybridized carbons (Fsp3) is 0.143. The van der Waals surface area contributed by atoms with Crippen LogP contribution in [0, 0.1) is 5.82 Å². The van der Waals surface area contributed by atoms with Crippen molar-refractivity contribution in [1.29, 1.82) is 0 Å². The molecule has 2 N–H and O–H groups in total. The van der Waals surface area contributed by atoms with Crippen molar-refractivity contribution < 1.29 is 4.39 Å². The summed E-state index contributed by atoms with van der Waals surface area (Å²) in [7, 11) is 0. The first-order valence-corrected chi connectivity index (χ1v) is 7.58. The van der Waals surface area contributed by atoms with Crippen molar-refractivity contribution in [3.8, 4) is 0 Å². The predicted octanol–water partition coefficient (Wildman–Crippen LogP) is 5.25. The quantitative estimate of drug-likeness (QED) is 0.739. The molecule has 0 bridgehead atoms. The number of hydrogen-bond donors (Lipinski definition) is 1. The van der Waals surface area contributed by atoms with E-state index in [1.54, 1.807) is 12.1 Å². The summed E-state index contributed by atoms with van der Waals surface area (Å²) in [5.41, 5.74) is 8.00. The van der Waals surface area contributed by atoms with Crippen LogP contribution < -0.4 is 5.73 Å². The van der Waals surface area contributed by atoms with Gasteiger partial charge in [-0.05, 0) is 47.9 Å². The fourth-order valence-electron chi connectivity index (χ4n) is 1.83. The van der Waals surface area contributed by atoms with Crippen LogP contribution in [0.15, 0.2) is 45.3 Å². The molecule has 1 nitrogen and oxygen atoms in total. The molecule has 0 aromatic heterocycles. The molecule has 19 heavy (non-hydrogen) atoms. The zero-order valence-electron chi connectivity index (χ0n) is 9.84. The highest BCUT2D eigenvalue weighted by atomic mass is 79.9. The van der Waals surface area contributed by atoms with Gasteiger partial charge < -0.3 is 5.73 Å². The maximum Gasteiger partial charge on any atom is 0.124 e. The predicted molar refractivity (Wildman–Crippen MR) is 83.9 cm³/mol. The van der Waals surface area contributed by atoms with Gasteiger partial charge in [0.05, 0.1) is 0 Å². The van der Waals surface area contributed by atoms with E-state index in [4.69, 9.17) is 17.3 Å². The second-order valence-corrected chi connectivity index (χ2v) is 6.39. The normalized spacial score (nSPS) is 12.5. The van der Waals surface area contributed by atoms with E-state index in [-0.39, 0.29) is 11.9 Å². The Morgan fingerprint density at radius 2 is 1.89 bits per heavy atom. The minimum absolute atomic E-state index is 0.244. The fourth-order valence-corrected chi connectivity index (χ4v) is 2.98. The summed E-state index contributed by atoms with van der Waals surface area (Å²) in [6.07, 6.45) is 0.580. The van der Waals surface area contributed by atoms with E-state index in [2.05, 4.69) is 31.9 Å². The maximum absolute atomic E-state index is 13.0. The molecule has 0 saturated carbocycles. The summed E-state index contributed by atoms with van der Waals surface area (Å²) in [6.45, 7) is 0. The molecule has 0 saturated heterocycles. The first-order valence-electron chi connectivity index (χ1n) is 5.62. The van der Waals surface area contributed by atoms with Gasteiger partial charge in [0.25, 0.3) is 0 Å². The van der Waals surface area contributed by atoms with Gasteiger partial charge in [-0.2, -0.15) is 0 Å². The van der Waals surface area contributed by atoms with E-state index in [0.717, 1.165) is 15.6 Å². The molecule has 0 aliphatic carbocycles. The maximum atomic E-state index is 13.0. The lowest BCUT2D eigenvalue weighted by molar-refractivity contribution is 0.624. The Kier molecular flexibility index (Phi) is 5.01. The first kappa shape index (κ1) is 15.0. The van der Waals surface area contributed by atoms with Crippen LogP contribution in [0.25, 0.3) is 0 Å². The van der Waals surface area contributed by atoms with Crippen molar-refractivity contribution in [2.75, 3.05) is 0 Å². The average molecular weight is 408 g/mol. The molecule has 0 amide bonds. The van der Waals surface area contributed by atoms with Crippen LogP contribution in [0.1, 0.15) is 17.2 Å². The third-order valence-corrected chi connectivity index (χ3v) is 4.39. The third kappa shape index (κ3) is 3.78. The average Bonchev–Trinajstić information content (AvgIpc) is 2.35. The van der Waals surface area contributed by atoms with Gasteiger partial charge in [0.2, 0.25) is 0 Å². The molecule has 1 atom stereocenters. The van der Waals surface area contributed by atoms with Gasteiger partial charge in [-0.3, -0.25) is 0 Å². The van der Waals surface area contributed by atoms with Crippen molar-refractivity contribution in [1.82, 2.24) is 0 Å². The molecule has 2 rings (SSSR count). The highest BCUT2D eigenvalue weighted by Gasteiger charge is 2.13. The van der Waals surface area contributed by atoms with Crippen LogP contribution in [0.4, 0.5) is 4.39 Å². The van der Waals surface area contributed by atoms with Crippen molar-refractivity contribution in [2.24, 2.45) is 5.73 Å². The lowest BCUT2D eigenvalue weighted by atomic mass is 10.00. The molecule has 2 aromatic rings. The van der Waals surface area contributed by atoms with Crippen LogP contribution in [0.5, 0.6) is 0 Å². The van der Waals surface area contributed by atoms with Crippen LogP contribution >= 0.6 is 43.5 Å². The Bertz CT molecular complexity index is 604. The SMILES string of the molecule is NC(Cc1ccc(F)cc1Br)c1cc(Br)ccc1Cl. The van der Waals surface area contributed by atoms with E-state index >= 15 is 0 Å². The summed E-state index contributed by atoms with van der Waals surface area (Å²) in [5.74, 6) is -0.273. The monoisotopic (exact) mass is 405 g/mol. The van der Waals surface area contributed by atoms with Crippen molar-refractivity contribution in [3.63, 3.8) is 0 Å². The summed E-state index contributed by atoms with van der Waals surface area (Å²) in [6, 6.07) is 9.93. The van der Waals surface area contributed by atoms with E-state index in [0.29, 0.717) is 15.9 Å². The third-order valence-electron chi connectivity index (χ3n) is 2.81. The lowest BCUT2D eigenvalue weighted by Crippen LogP contribution is -2.14. The summed E-state index contributed by atoms with van der Waals surface area (Å²) < 4.78 is 14.7. The molecule has 0 aliphatic heterocycles. The van der Waals surface area contributed by atoms with Gasteiger partial charge in [0, 0.05) is 20.0 Å². The van der Waals surface area contributed by atoms with E-state index in [9.17, 15) is 4.39 Å².